The maximum Gasteiger partial charge on any atom is 0.361 e. The minimum absolute atomic E-state index is 0.0379. The van der Waals surface area contributed by atoms with Crippen LogP contribution < -0.4 is 0 Å². The van der Waals surface area contributed by atoms with Crippen molar-refractivity contribution in [2.45, 2.75) is 13.5 Å². The fourth-order valence-electron chi connectivity index (χ4n) is 1.71. The Morgan fingerprint density at radius 3 is 3.00 bits per heavy atom. The fraction of sp³-hybridized carbons (Fsp3) is 0.214. The maximum atomic E-state index is 13.1. The average Bonchev–Trinajstić information content (AvgIpc) is 2.82. The first kappa shape index (κ1) is 15.2. The number of hydrogen-bond acceptors (Lipinski definition) is 4. The second-order valence-corrected chi connectivity index (χ2v) is 4.72. The van der Waals surface area contributed by atoms with Gasteiger partial charge >= 0.3 is 5.97 Å². The highest BCUT2D eigenvalue weighted by Gasteiger charge is 2.17. The summed E-state index contributed by atoms with van der Waals surface area (Å²) in [5.74, 6) is -1.04. The molecule has 2 aromatic rings. The highest BCUT2D eigenvalue weighted by atomic mass is 35.5. The van der Waals surface area contributed by atoms with Crippen molar-refractivity contribution in [3.8, 4) is 0 Å². The molecule has 1 aromatic heterocycles. The number of aromatic nitrogens is 3. The first-order chi connectivity index (χ1) is 10.0. The van der Waals surface area contributed by atoms with Gasteiger partial charge in [0.15, 0.2) is 5.69 Å². The molecule has 0 saturated heterocycles. The number of ether oxygens (including phenoxy) is 1. The van der Waals surface area contributed by atoms with Gasteiger partial charge in [-0.05, 0) is 24.6 Å². The summed E-state index contributed by atoms with van der Waals surface area (Å²) in [6.07, 6.45) is 1.47. The minimum atomic E-state index is -0.559. The Morgan fingerprint density at radius 2 is 2.33 bits per heavy atom. The zero-order chi connectivity index (χ0) is 15.4. The number of esters is 1. The molecule has 1 heterocycles. The van der Waals surface area contributed by atoms with Gasteiger partial charge in [-0.25, -0.2) is 13.9 Å². The van der Waals surface area contributed by atoms with E-state index in [-0.39, 0.29) is 17.3 Å². The summed E-state index contributed by atoms with van der Waals surface area (Å²) in [5.41, 5.74) is 1.45. The van der Waals surface area contributed by atoms with E-state index in [9.17, 15) is 9.18 Å². The van der Waals surface area contributed by atoms with Gasteiger partial charge in [0.1, 0.15) is 12.4 Å². The molecule has 0 bridgehead atoms. The summed E-state index contributed by atoms with van der Waals surface area (Å²) >= 11 is 5.73. The number of carbonyl (C=O) groups is 1. The maximum absolute atomic E-state index is 13.1. The van der Waals surface area contributed by atoms with Crippen LogP contribution in [0.3, 0.4) is 0 Å². The molecule has 7 heteroatoms. The van der Waals surface area contributed by atoms with Gasteiger partial charge in [0.05, 0.1) is 17.3 Å². The predicted molar refractivity (Wildman–Crippen MR) is 75.8 cm³/mol. The Morgan fingerprint density at radius 1 is 1.57 bits per heavy atom. The normalized spacial score (nSPS) is 10.4. The van der Waals surface area contributed by atoms with E-state index in [1.807, 2.05) is 0 Å². The molecule has 21 heavy (non-hydrogen) atoms. The van der Waals surface area contributed by atoms with Crippen molar-refractivity contribution in [3.63, 3.8) is 0 Å². The molecule has 0 fully saturated rings. The molecule has 5 nitrogen and oxygen atoms in total. The van der Waals surface area contributed by atoms with E-state index in [2.05, 4.69) is 16.9 Å². The van der Waals surface area contributed by atoms with E-state index in [1.165, 1.54) is 22.9 Å². The molecule has 0 unspecified atom stereocenters. The van der Waals surface area contributed by atoms with Gasteiger partial charge in [0, 0.05) is 0 Å². The van der Waals surface area contributed by atoms with Crippen LogP contribution in [0.4, 0.5) is 4.39 Å². The summed E-state index contributed by atoms with van der Waals surface area (Å²) in [7, 11) is 0. The lowest BCUT2D eigenvalue weighted by Gasteiger charge is -2.05. The average molecular weight is 310 g/mol. The van der Waals surface area contributed by atoms with Crippen LogP contribution in [0.2, 0.25) is 5.02 Å². The van der Waals surface area contributed by atoms with Crippen LogP contribution in [0.25, 0.3) is 0 Å². The molecule has 1 aromatic carbocycles. The SMILES string of the molecule is C=CCOC(=O)c1nnn(Cc2ccc(F)c(Cl)c2)c1C. The molecule has 0 aliphatic heterocycles. The summed E-state index contributed by atoms with van der Waals surface area (Å²) in [4.78, 5) is 11.7. The molecule has 0 N–H and O–H groups in total. The number of benzene rings is 1. The summed E-state index contributed by atoms with van der Waals surface area (Å²) in [6.45, 7) is 5.60. The molecule has 0 atom stereocenters. The smallest absolute Gasteiger partial charge is 0.361 e. The zero-order valence-corrected chi connectivity index (χ0v) is 12.1. The van der Waals surface area contributed by atoms with Gasteiger partial charge in [0.25, 0.3) is 0 Å². The summed E-state index contributed by atoms with van der Waals surface area (Å²) in [5, 5.41) is 7.74. The van der Waals surface area contributed by atoms with Crippen molar-refractivity contribution in [2.24, 2.45) is 0 Å². The van der Waals surface area contributed by atoms with Gasteiger partial charge in [-0.1, -0.05) is 35.5 Å². The number of halogens is 2. The number of nitrogens with zero attached hydrogens (tertiary/aromatic N) is 3. The second kappa shape index (κ2) is 6.49. The summed E-state index contributed by atoms with van der Waals surface area (Å²) in [6, 6.07) is 4.38. The third kappa shape index (κ3) is 3.46. The van der Waals surface area contributed by atoms with Crippen LogP contribution >= 0.6 is 11.6 Å². The topological polar surface area (TPSA) is 57.0 Å². The van der Waals surface area contributed by atoms with Crippen LogP contribution in [-0.2, 0) is 11.3 Å². The minimum Gasteiger partial charge on any atom is -0.457 e. The molecule has 0 spiro atoms. The molecule has 2 rings (SSSR count). The third-order valence-electron chi connectivity index (χ3n) is 2.82. The lowest BCUT2D eigenvalue weighted by molar-refractivity contribution is 0.0542. The van der Waals surface area contributed by atoms with Gasteiger partial charge in [-0.2, -0.15) is 0 Å². The van der Waals surface area contributed by atoms with E-state index < -0.39 is 11.8 Å². The van der Waals surface area contributed by atoms with Gasteiger partial charge < -0.3 is 4.74 Å². The quantitative estimate of drug-likeness (QED) is 0.629. The molecule has 0 amide bonds. The number of rotatable bonds is 5. The Balaban J connectivity index is 2.18. The Labute approximate surface area is 126 Å². The van der Waals surface area contributed by atoms with Crippen molar-refractivity contribution in [2.75, 3.05) is 6.61 Å². The third-order valence-corrected chi connectivity index (χ3v) is 3.11. The van der Waals surface area contributed by atoms with E-state index in [0.717, 1.165) is 5.56 Å². The zero-order valence-electron chi connectivity index (χ0n) is 11.3. The van der Waals surface area contributed by atoms with Crippen LogP contribution in [0, 0.1) is 12.7 Å². The van der Waals surface area contributed by atoms with Gasteiger partial charge in [0.2, 0.25) is 0 Å². The molecule has 110 valence electrons. The van der Waals surface area contributed by atoms with Crippen molar-refractivity contribution in [3.05, 3.63) is 58.6 Å². The second-order valence-electron chi connectivity index (χ2n) is 4.32. The predicted octanol–water partition coefficient (Wildman–Crippen LogP) is 2.77. The van der Waals surface area contributed by atoms with Crippen LogP contribution in [0.15, 0.2) is 30.9 Å². The summed E-state index contributed by atoms with van der Waals surface area (Å²) < 4.78 is 19.5. The molecule has 0 aliphatic carbocycles. The molecular weight excluding hydrogens is 297 g/mol. The lowest BCUT2D eigenvalue weighted by atomic mass is 10.2. The Bertz CT molecular complexity index is 685. The van der Waals surface area contributed by atoms with Crippen LogP contribution in [0.1, 0.15) is 21.7 Å². The van der Waals surface area contributed by atoms with E-state index in [1.54, 1.807) is 13.0 Å². The monoisotopic (exact) mass is 309 g/mol. The highest BCUT2D eigenvalue weighted by Crippen LogP contribution is 2.17. The van der Waals surface area contributed by atoms with Crippen molar-refractivity contribution >= 4 is 17.6 Å². The van der Waals surface area contributed by atoms with Crippen LogP contribution in [-0.4, -0.2) is 27.6 Å². The highest BCUT2D eigenvalue weighted by molar-refractivity contribution is 6.30. The molecule has 0 saturated carbocycles. The van der Waals surface area contributed by atoms with Gasteiger partial charge in [-0.15, -0.1) is 5.10 Å². The number of hydrogen-bond donors (Lipinski definition) is 0. The van der Waals surface area contributed by atoms with E-state index >= 15 is 0 Å². The first-order valence-corrected chi connectivity index (χ1v) is 6.52. The number of carbonyl (C=O) groups excluding carboxylic acids is 1. The fourth-order valence-corrected chi connectivity index (χ4v) is 1.92. The van der Waals surface area contributed by atoms with E-state index in [0.29, 0.717) is 12.2 Å². The van der Waals surface area contributed by atoms with E-state index in [4.69, 9.17) is 16.3 Å². The molecule has 0 aliphatic rings. The van der Waals surface area contributed by atoms with Crippen molar-refractivity contribution in [1.29, 1.82) is 0 Å². The Kier molecular flexibility index (Phi) is 4.70. The molecule has 0 radical (unpaired) electrons. The van der Waals surface area contributed by atoms with Crippen molar-refractivity contribution < 1.29 is 13.9 Å². The standard InChI is InChI=1S/C14H13ClFN3O2/c1-3-6-21-14(20)13-9(2)19(18-17-13)8-10-4-5-12(16)11(15)7-10/h3-5,7H,1,6,8H2,2H3. The first-order valence-electron chi connectivity index (χ1n) is 6.15. The van der Waals surface area contributed by atoms with Crippen LogP contribution in [0.5, 0.6) is 0 Å². The lowest BCUT2D eigenvalue weighted by Crippen LogP contribution is -2.09. The largest absolute Gasteiger partial charge is 0.457 e. The van der Waals surface area contributed by atoms with Crippen molar-refractivity contribution in [1.82, 2.24) is 15.0 Å². The Hall–Kier alpha value is -2.21. The van der Waals surface area contributed by atoms with Gasteiger partial charge in [-0.3, -0.25) is 0 Å². The molecular formula is C14H13ClFN3O2.